The Morgan fingerprint density at radius 2 is 2.35 bits per heavy atom. The predicted octanol–water partition coefficient (Wildman–Crippen LogP) is -0.636. The molecule has 0 atom stereocenters. The number of aromatic amines is 1. The molecule has 0 amide bonds. The first kappa shape index (κ1) is 12.3. The van der Waals surface area contributed by atoms with Crippen molar-refractivity contribution in [3.05, 3.63) is 6.20 Å². The number of hydrogen-bond donors (Lipinski definition) is 3. The molecule has 0 bridgehead atoms. The minimum Gasteiger partial charge on any atom is -0.383 e. The molecule has 17 heavy (non-hydrogen) atoms. The molecular weight excluding hydrogens is 242 g/mol. The maximum absolute atomic E-state index is 11.8. The summed E-state index contributed by atoms with van der Waals surface area (Å²) < 4.78 is 26.1. The molecule has 2 rings (SSSR count). The Kier molecular flexibility index (Phi) is 3.36. The number of hydrogen-bond acceptors (Lipinski definition) is 5. The second kappa shape index (κ2) is 4.63. The lowest BCUT2D eigenvalue weighted by atomic mass is 10.5. The lowest BCUT2D eigenvalue weighted by molar-refractivity contribution is 0.329. The maximum atomic E-state index is 11.8. The van der Waals surface area contributed by atoms with Crippen LogP contribution < -0.4 is 10.5 Å². The Hall–Kier alpha value is -1.12. The summed E-state index contributed by atoms with van der Waals surface area (Å²) in [6.45, 7) is 1.07. The molecule has 1 aliphatic carbocycles. The van der Waals surface area contributed by atoms with Gasteiger partial charge in [-0.25, -0.2) is 13.1 Å². The lowest BCUT2D eigenvalue weighted by Crippen LogP contribution is -2.34. The van der Waals surface area contributed by atoms with Crippen molar-refractivity contribution >= 4 is 15.8 Å². The predicted molar refractivity (Wildman–Crippen MR) is 63.8 cm³/mol. The molecule has 1 heterocycles. The molecule has 0 radical (unpaired) electrons. The average molecular weight is 259 g/mol. The number of aromatic nitrogens is 2. The van der Waals surface area contributed by atoms with Crippen molar-refractivity contribution in [3.63, 3.8) is 0 Å². The van der Waals surface area contributed by atoms with Gasteiger partial charge < -0.3 is 10.6 Å². The third-order valence-electron chi connectivity index (χ3n) is 2.85. The summed E-state index contributed by atoms with van der Waals surface area (Å²) in [5.74, 6) is 0.0630. The van der Waals surface area contributed by atoms with E-state index in [1.807, 2.05) is 7.05 Å². The van der Waals surface area contributed by atoms with Crippen molar-refractivity contribution in [1.29, 1.82) is 0 Å². The summed E-state index contributed by atoms with van der Waals surface area (Å²) in [6, 6.07) is 0.624. The number of anilines is 1. The molecule has 1 fully saturated rings. The number of H-pyrrole nitrogens is 1. The van der Waals surface area contributed by atoms with Crippen LogP contribution in [0.3, 0.4) is 0 Å². The molecule has 4 N–H and O–H groups in total. The van der Waals surface area contributed by atoms with Gasteiger partial charge in [0.25, 0.3) is 0 Å². The lowest BCUT2D eigenvalue weighted by Gasteiger charge is -2.15. The average Bonchev–Trinajstić information content (AvgIpc) is 3.01. The van der Waals surface area contributed by atoms with Gasteiger partial charge in [0, 0.05) is 19.1 Å². The number of nitrogens with one attached hydrogen (secondary N) is 2. The fourth-order valence-electron chi connectivity index (χ4n) is 1.63. The quantitative estimate of drug-likeness (QED) is 0.630. The summed E-state index contributed by atoms with van der Waals surface area (Å²) in [4.78, 5) is 2.16. The Morgan fingerprint density at radius 3 is 2.88 bits per heavy atom. The van der Waals surface area contributed by atoms with Gasteiger partial charge in [0.15, 0.2) is 0 Å². The summed E-state index contributed by atoms with van der Waals surface area (Å²) in [6.07, 6.45) is 3.62. The van der Waals surface area contributed by atoms with Gasteiger partial charge in [-0.05, 0) is 19.9 Å². The first-order chi connectivity index (χ1) is 8.00. The number of likely N-dealkylation sites (N-methyl/N-ethyl adjacent to an activating group) is 1. The number of nitrogen functional groups attached to an aromatic ring is 1. The summed E-state index contributed by atoms with van der Waals surface area (Å²) in [5.41, 5.74) is 5.47. The van der Waals surface area contributed by atoms with Gasteiger partial charge in [-0.15, -0.1) is 0 Å². The van der Waals surface area contributed by atoms with Crippen LogP contribution in [-0.4, -0.2) is 49.7 Å². The summed E-state index contributed by atoms with van der Waals surface area (Å²) >= 11 is 0. The van der Waals surface area contributed by atoms with Crippen molar-refractivity contribution in [2.24, 2.45) is 0 Å². The van der Waals surface area contributed by atoms with Crippen molar-refractivity contribution < 1.29 is 8.42 Å². The highest BCUT2D eigenvalue weighted by Crippen LogP contribution is 2.24. The van der Waals surface area contributed by atoms with E-state index in [4.69, 9.17) is 5.73 Å². The minimum absolute atomic E-state index is 0.00609. The van der Waals surface area contributed by atoms with Crippen LogP contribution in [0.15, 0.2) is 11.1 Å². The van der Waals surface area contributed by atoms with Gasteiger partial charge in [-0.1, -0.05) is 0 Å². The number of sulfonamides is 1. The molecule has 0 saturated heterocycles. The van der Waals surface area contributed by atoms with Crippen LogP contribution in [0.2, 0.25) is 0 Å². The van der Waals surface area contributed by atoms with Crippen molar-refractivity contribution in [3.8, 4) is 0 Å². The van der Waals surface area contributed by atoms with E-state index in [0.29, 0.717) is 19.1 Å². The van der Waals surface area contributed by atoms with Crippen LogP contribution in [0, 0.1) is 0 Å². The smallest absolute Gasteiger partial charge is 0.245 e. The van der Waals surface area contributed by atoms with Crippen molar-refractivity contribution in [1.82, 2.24) is 19.8 Å². The van der Waals surface area contributed by atoms with E-state index >= 15 is 0 Å². The van der Waals surface area contributed by atoms with Gasteiger partial charge >= 0.3 is 0 Å². The maximum Gasteiger partial charge on any atom is 0.245 e. The summed E-state index contributed by atoms with van der Waals surface area (Å²) in [5, 5.41) is 5.99. The minimum atomic E-state index is -3.54. The van der Waals surface area contributed by atoms with E-state index in [1.54, 1.807) is 0 Å². The van der Waals surface area contributed by atoms with E-state index in [0.717, 1.165) is 0 Å². The highest BCUT2D eigenvalue weighted by molar-refractivity contribution is 7.89. The van der Waals surface area contributed by atoms with E-state index in [2.05, 4.69) is 19.8 Å². The van der Waals surface area contributed by atoms with Crippen molar-refractivity contribution in [2.75, 3.05) is 25.9 Å². The van der Waals surface area contributed by atoms with Gasteiger partial charge in [0.05, 0.1) is 6.20 Å². The molecule has 1 saturated carbocycles. The van der Waals surface area contributed by atoms with Crippen LogP contribution in [-0.2, 0) is 10.0 Å². The van der Waals surface area contributed by atoms with Gasteiger partial charge in [0.2, 0.25) is 10.0 Å². The Labute approximate surface area is 100 Å². The summed E-state index contributed by atoms with van der Waals surface area (Å²) in [7, 11) is -1.55. The topological polar surface area (TPSA) is 104 Å². The third kappa shape index (κ3) is 2.96. The van der Waals surface area contributed by atoms with Gasteiger partial charge in [-0.3, -0.25) is 5.10 Å². The Bertz CT molecular complexity index is 479. The van der Waals surface area contributed by atoms with Gasteiger partial charge in [0.1, 0.15) is 10.7 Å². The largest absolute Gasteiger partial charge is 0.383 e. The van der Waals surface area contributed by atoms with Crippen LogP contribution in [0.5, 0.6) is 0 Å². The molecule has 0 spiro atoms. The van der Waals surface area contributed by atoms with Crippen LogP contribution in [0.4, 0.5) is 5.82 Å². The molecule has 0 aliphatic heterocycles. The zero-order valence-electron chi connectivity index (χ0n) is 9.68. The SMILES string of the molecule is CN(CCNS(=O)(=O)c1cn[nH]c1N)C1CC1. The Morgan fingerprint density at radius 1 is 1.65 bits per heavy atom. The molecular formula is C9H17N5O2S. The van der Waals surface area contributed by atoms with Crippen molar-refractivity contribution in [2.45, 2.75) is 23.8 Å². The molecule has 8 heteroatoms. The molecule has 7 nitrogen and oxygen atoms in total. The zero-order valence-corrected chi connectivity index (χ0v) is 10.5. The normalized spacial score (nSPS) is 16.6. The van der Waals surface area contributed by atoms with Crippen LogP contribution in [0.25, 0.3) is 0 Å². The monoisotopic (exact) mass is 259 g/mol. The first-order valence-corrected chi connectivity index (χ1v) is 6.98. The highest BCUT2D eigenvalue weighted by atomic mass is 32.2. The van der Waals surface area contributed by atoms with E-state index in [-0.39, 0.29) is 10.7 Å². The molecule has 96 valence electrons. The Balaban J connectivity index is 1.87. The van der Waals surface area contributed by atoms with E-state index in [9.17, 15) is 8.42 Å². The molecule has 1 aromatic rings. The fraction of sp³-hybridized carbons (Fsp3) is 0.667. The second-order valence-electron chi connectivity index (χ2n) is 4.26. The molecule has 0 unspecified atom stereocenters. The third-order valence-corrected chi connectivity index (χ3v) is 4.34. The molecule has 1 aromatic heterocycles. The van der Waals surface area contributed by atoms with E-state index in [1.165, 1.54) is 19.0 Å². The number of rotatable bonds is 6. The van der Waals surface area contributed by atoms with E-state index < -0.39 is 10.0 Å². The first-order valence-electron chi connectivity index (χ1n) is 5.49. The highest BCUT2D eigenvalue weighted by Gasteiger charge is 2.26. The zero-order chi connectivity index (χ0) is 12.5. The van der Waals surface area contributed by atoms with Crippen LogP contribution >= 0.6 is 0 Å². The van der Waals surface area contributed by atoms with Crippen LogP contribution in [0.1, 0.15) is 12.8 Å². The standard InChI is InChI=1S/C9H17N5O2S/c1-14(7-2-3-7)5-4-12-17(15,16)8-6-11-13-9(8)10/h6-7,12H,2-5H2,1H3,(H3,10,11,13). The molecule has 0 aromatic carbocycles. The second-order valence-corrected chi connectivity index (χ2v) is 5.99. The molecule has 1 aliphatic rings. The fourth-order valence-corrected chi connectivity index (χ4v) is 2.67. The number of nitrogens with zero attached hydrogens (tertiary/aromatic N) is 2. The number of nitrogens with two attached hydrogens (primary N) is 1. The van der Waals surface area contributed by atoms with Gasteiger partial charge in [-0.2, -0.15) is 5.10 Å².